The summed E-state index contributed by atoms with van der Waals surface area (Å²) in [5.41, 5.74) is 10.1. The number of halogens is 2. The summed E-state index contributed by atoms with van der Waals surface area (Å²) >= 11 is 12.5. The number of hydrogen-bond acceptors (Lipinski definition) is 2. The van der Waals surface area contributed by atoms with Crippen LogP contribution in [-0.2, 0) is 12.8 Å². The highest BCUT2D eigenvalue weighted by Gasteiger charge is 2.21. The van der Waals surface area contributed by atoms with E-state index < -0.39 is 0 Å². The number of nitrogens with zero attached hydrogens (tertiary/aromatic N) is 2. The van der Waals surface area contributed by atoms with Gasteiger partial charge in [-0.2, -0.15) is 5.10 Å². The second-order valence-electron chi connectivity index (χ2n) is 4.98. The molecule has 1 aromatic carbocycles. The van der Waals surface area contributed by atoms with Gasteiger partial charge >= 0.3 is 0 Å². The second-order valence-corrected chi connectivity index (χ2v) is 5.80. The average molecular weight is 296 g/mol. The Balaban J connectivity index is 2.20. The van der Waals surface area contributed by atoms with Crippen LogP contribution >= 0.6 is 23.2 Å². The maximum Gasteiger partial charge on any atom is 0.149 e. The molecule has 0 atom stereocenters. The quantitative estimate of drug-likeness (QED) is 0.866. The fourth-order valence-electron chi connectivity index (χ4n) is 2.62. The fraction of sp³-hybridized carbons (Fsp3) is 0.357. The van der Waals surface area contributed by atoms with Gasteiger partial charge in [0, 0.05) is 16.3 Å². The van der Waals surface area contributed by atoms with Gasteiger partial charge in [0.2, 0.25) is 0 Å². The average Bonchev–Trinajstić information content (AvgIpc) is 2.72. The fourth-order valence-corrected chi connectivity index (χ4v) is 3.08. The van der Waals surface area contributed by atoms with Crippen molar-refractivity contribution in [2.45, 2.75) is 32.6 Å². The van der Waals surface area contributed by atoms with Crippen molar-refractivity contribution in [1.82, 2.24) is 9.78 Å². The zero-order valence-corrected chi connectivity index (χ0v) is 12.2. The summed E-state index contributed by atoms with van der Waals surface area (Å²) in [5, 5.41) is 5.79. The Morgan fingerprint density at radius 3 is 2.68 bits per heavy atom. The molecule has 2 N–H and O–H groups in total. The number of aromatic nitrogens is 2. The minimum Gasteiger partial charge on any atom is -0.382 e. The lowest BCUT2D eigenvalue weighted by Crippen LogP contribution is -2.08. The van der Waals surface area contributed by atoms with Crippen molar-refractivity contribution in [3.8, 4) is 5.69 Å². The van der Waals surface area contributed by atoms with Crippen molar-refractivity contribution in [3.05, 3.63) is 39.0 Å². The molecule has 0 bridgehead atoms. The number of nitrogens with two attached hydrogens (primary N) is 1. The normalized spacial score (nSPS) is 14.5. The number of anilines is 1. The lowest BCUT2D eigenvalue weighted by molar-refractivity contribution is 0.653. The number of fused-ring (bicyclic) bond motifs is 1. The minimum atomic E-state index is 0.613. The summed E-state index contributed by atoms with van der Waals surface area (Å²) in [7, 11) is 0. The van der Waals surface area contributed by atoms with Crippen LogP contribution in [0, 0.1) is 6.92 Å². The van der Waals surface area contributed by atoms with Crippen LogP contribution in [0.15, 0.2) is 12.1 Å². The van der Waals surface area contributed by atoms with E-state index in [4.69, 9.17) is 28.9 Å². The van der Waals surface area contributed by atoms with Crippen LogP contribution in [0.2, 0.25) is 10.0 Å². The van der Waals surface area contributed by atoms with Crippen molar-refractivity contribution in [1.29, 1.82) is 0 Å². The molecule has 0 saturated heterocycles. The van der Waals surface area contributed by atoms with Crippen molar-refractivity contribution in [3.63, 3.8) is 0 Å². The molecule has 1 heterocycles. The van der Waals surface area contributed by atoms with E-state index in [0.29, 0.717) is 15.9 Å². The summed E-state index contributed by atoms with van der Waals surface area (Å²) in [6.07, 6.45) is 4.32. The Kier molecular flexibility index (Phi) is 3.19. The van der Waals surface area contributed by atoms with Gasteiger partial charge < -0.3 is 5.73 Å². The molecular weight excluding hydrogens is 281 g/mol. The highest BCUT2D eigenvalue weighted by molar-refractivity contribution is 6.35. The summed E-state index contributed by atoms with van der Waals surface area (Å²) < 4.78 is 1.86. The standard InChI is InChI=1S/C14H15Cl2N3/c1-8-6-11(16)13(7-10(8)15)19-12-5-3-2-4-9(12)14(17)18-19/h6-7H,2-5H2,1H3,(H2,17,18). The first kappa shape index (κ1) is 12.8. The van der Waals surface area contributed by atoms with E-state index in [0.717, 1.165) is 30.5 Å². The first-order valence-corrected chi connectivity index (χ1v) is 7.16. The Morgan fingerprint density at radius 2 is 1.89 bits per heavy atom. The molecule has 5 heteroatoms. The molecule has 0 unspecified atom stereocenters. The van der Waals surface area contributed by atoms with E-state index in [2.05, 4.69) is 5.10 Å². The van der Waals surface area contributed by atoms with Gasteiger partial charge in [0.15, 0.2) is 0 Å². The number of rotatable bonds is 1. The Bertz CT molecular complexity index is 647. The van der Waals surface area contributed by atoms with Gasteiger partial charge in [-0.15, -0.1) is 0 Å². The van der Waals surface area contributed by atoms with Crippen molar-refractivity contribution in [2.24, 2.45) is 0 Å². The maximum atomic E-state index is 6.33. The summed E-state index contributed by atoms with van der Waals surface area (Å²) in [5.74, 6) is 0.613. The van der Waals surface area contributed by atoms with Crippen LogP contribution < -0.4 is 5.73 Å². The number of hydrogen-bond donors (Lipinski definition) is 1. The molecule has 3 nitrogen and oxygen atoms in total. The van der Waals surface area contributed by atoms with Gasteiger partial charge in [-0.05, 0) is 50.3 Å². The molecule has 1 aliphatic rings. The summed E-state index contributed by atoms with van der Waals surface area (Å²) in [6.45, 7) is 1.94. The first-order chi connectivity index (χ1) is 9.08. The molecule has 0 radical (unpaired) electrons. The van der Waals surface area contributed by atoms with Gasteiger partial charge in [0.1, 0.15) is 5.82 Å². The van der Waals surface area contributed by atoms with E-state index in [9.17, 15) is 0 Å². The van der Waals surface area contributed by atoms with Crippen LogP contribution in [0.3, 0.4) is 0 Å². The van der Waals surface area contributed by atoms with Crippen LogP contribution in [0.5, 0.6) is 0 Å². The lowest BCUT2D eigenvalue weighted by Gasteiger charge is -2.15. The van der Waals surface area contributed by atoms with E-state index in [1.54, 1.807) is 0 Å². The molecule has 100 valence electrons. The molecule has 0 fully saturated rings. The molecule has 1 aliphatic carbocycles. The van der Waals surface area contributed by atoms with Crippen LogP contribution in [0.1, 0.15) is 29.7 Å². The number of aryl methyl sites for hydroxylation is 1. The van der Waals surface area contributed by atoms with Gasteiger partial charge in [-0.1, -0.05) is 23.2 Å². The molecule has 3 rings (SSSR count). The molecule has 2 aromatic rings. The molecule has 0 spiro atoms. The van der Waals surface area contributed by atoms with E-state index in [1.165, 1.54) is 17.7 Å². The highest BCUT2D eigenvalue weighted by Crippen LogP contribution is 2.33. The third kappa shape index (κ3) is 2.11. The van der Waals surface area contributed by atoms with E-state index >= 15 is 0 Å². The smallest absolute Gasteiger partial charge is 0.149 e. The van der Waals surface area contributed by atoms with E-state index in [-0.39, 0.29) is 0 Å². The molecule has 0 aliphatic heterocycles. The van der Waals surface area contributed by atoms with Crippen LogP contribution in [0.25, 0.3) is 5.69 Å². The third-order valence-corrected chi connectivity index (χ3v) is 4.38. The van der Waals surface area contributed by atoms with Crippen molar-refractivity contribution >= 4 is 29.0 Å². The van der Waals surface area contributed by atoms with Crippen LogP contribution in [-0.4, -0.2) is 9.78 Å². The molecule has 19 heavy (non-hydrogen) atoms. The van der Waals surface area contributed by atoms with Gasteiger partial charge in [-0.25, -0.2) is 4.68 Å². The molecule has 0 saturated carbocycles. The summed E-state index contributed by atoms with van der Waals surface area (Å²) in [4.78, 5) is 0. The Labute approximate surface area is 122 Å². The third-order valence-electron chi connectivity index (χ3n) is 3.67. The molecule has 0 amide bonds. The van der Waals surface area contributed by atoms with Crippen LogP contribution in [0.4, 0.5) is 5.82 Å². The number of benzene rings is 1. The van der Waals surface area contributed by atoms with Gasteiger partial charge in [0.05, 0.1) is 10.7 Å². The minimum absolute atomic E-state index is 0.613. The molecular formula is C14H15Cl2N3. The predicted molar refractivity (Wildman–Crippen MR) is 79.4 cm³/mol. The largest absolute Gasteiger partial charge is 0.382 e. The first-order valence-electron chi connectivity index (χ1n) is 6.40. The Morgan fingerprint density at radius 1 is 1.16 bits per heavy atom. The maximum absolute atomic E-state index is 6.33. The number of nitrogen functional groups attached to an aromatic ring is 1. The van der Waals surface area contributed by atoms with Gasteiger partial charge in [-0.3, -0.25) is 0 Å². The SMILES string of the molecule is Cc1cc(Cl)c(-n2nc(N)c3c2CCCC3)cc1Cl. The van der Waals surface area contributed by atoms with Crippen molar-refractivity contribution < 1.29 is 0 Å². The topological polar surface area (TPSA) is 43.8 Å². The zero-order chi connectivity index (χ0) is 13.6. The highest BCUT2D eigenvalue weighted by atomic mass is 35.5. The summed E-state index contributed by atoms with van der Waals surface area (Å²) in [6, 6.07) is 3.73. The monoisotopic (exact) mass is 295 g/mol. The van der Waals surface area contributed by atoms with Crippen molar-refractivity contribution in [2.75, 3.05) is 5.73 Å². The Hall–Kier alpha value is -1.19. The zero-order valence-electron chi connectivity index (χ0n) is 10.7. The van der Waals surface area contributed by atoms with Gasteiger partial charge in [0.25, 0.3) is 0 Å². The lowest BCUT2D eigenvalue weighted by atomic mass is 9.97. The van der Waals surface area contributed by atoms with E-state index in [1.807, 2.05) is 23.7 Å². The second kappa shape index (κ2) is 4.73. The predicted octanol–water partition coefficient (Wildman–Crippen LogP) is 3.95. The molecule has 1 aromatic heterocycles.